The summed E-state index contributed by atoms with van der Waals surface area (Å²) in [6.07, 6.45) is 1.70. The molecule has 1 amide bonds. The lowest BCUT2D eigenvalue weighted by Crippen LogP contribution is -2.27. The molecule has 0 aliphatic carbocycles. The average molecular weight is 448 g/mol. The second-order valence-corrected chi connectivity index (χ2v) is 7.68. The molecule has 4 rings (SSSR count). The zero-order chi connectivity index (χ0) is 22.7. The topological polar surface area (TPSA) is 73.3 Å². The van der Waals surface area contributed by atoms with Crippen molar-refractivity contribution in [2.24, 2.45) is 0 Å². The molecule has 7 heteroatoms. The Morgan fingerprint density at radius 2 is 1.78 bits per heavy atom. The number of pyridine rings is 2. The minimum atomic E-state index is -0.275. The number of halogens is 1. The van der Waals surface area contributed by atoms with Crippen LogP contribution in [0.15, 0.2) is 66.9 Å². The van der Waals surface area contributed by atoms with Gasteiger partial charge in [0, 0.05) is 16.6 Å². The summed E-state index contributed by atoms with van der Waals surface area (Å²) in [5, 5.41) is 4.27. The third kappa shape index (κ3) is 4.36. The molecule has 1 N–H and O–H groups in total. The van der Waals surface area contributed by atoms with E-state index in [9.17, 15) is 4.79 Å². The van der Waals surface area contributed by atoms with Crippen LogP contribution in [0.3, 0.4) is 0 Å². The first-order chi connectivity index (χ1) is 15.5. The van der Waals surface area contributed by atoms with Crippen LogP contribution < -0.4 is 14.8 Å². The Balaban J connectivity index is 1.72. The number of rotatable bonds is 6. The van der Waals surface area contributed by atoms with Gasteiger partial charge in [0.2, 0.25) is 0 Å². The molecule has 0 bridgehead atoms. The maximum absolute atomic E-state index is 13.4. The highest BCUT2D eigenvalue weighted by molar-refractivity contribution is 6.31. The van der Waals surface area contributed by atoms with Crippen LogP contribution in [0, 0.1) is 0 Å². The largest absolute Gasteiger partial charge is 0.493 e. The van der Waals surface area contributed by atoms with Gasteiger partial charge in [0.15, 0.2) is 11.5 Å². The number of amides is 1. The van der Waals surface area contributed by atoms with E-state index in [1.165, 1.54) is 0 Å². The van der Waals surface area contributed by atoms with Crippen LogP contribution in [0.2, 0.25) is 5.02 Å². The minimum absolute atomic E-state index is 0.237. The van der Waals surface area contributed by atoms with E-state index in [2.05, 4.69) is 15.3 Å². The molecule has 2 heterocycles. The fourth-order valence-corrected chi connectivity index (χ4v) is 3.68. The number of carbonyl (C=O) groups is 1. The van der Waals surface area contributed by atoms with E-state index in [1.807, 2.05) is 43.3 Å². The summed E-state index contributed by atoms with van der Waals surface area (Å²) in [5.74, 6) is 0.994. The quantitative estimate of drug-likeness (QED) is 0.425. The first-order valence-electron chi connectivity index (χ1n) is 10.0. The van der Waals surface area contributed by atoms with Crippen LogP contribution in [0.5, 0.6) is 11.5 Å². The predicted molar refractivity (Wildman–Crippen MR) is 125 cm³/mol. The van der Waals surface area contributed by atoms with Gasteiger partial charge in [0.25, 0.3) is 5.91 Å². The summed E-state index contributed by atoms with van der Waals surface area (Å²) in [5.41, 5.74) is 3.33. The fraction of sp³-hybridized carbons (Fsp3) is 0.160. The summed E-state index contributed by atoms with van der Waals surface area (Å²) in [6.45, 7) is 1.91. The molecule has 0 aliphatic heterocycles. The van der Waals surface area contributed by atoms with Crippen molar-refractivity contribution in [1.82, 2.24) is 15.3 Å². The molecule has 4 aromatic rings. The number of hydrogen-bond acceptors (Lipinski definition) is 5. The van der Waals surface area contributed by atoms with Crippen molar-refractivity contribution in [3.05, 3.63) is 83.0 Å². The molecular weight excluding hydrogens is 426 g/mol. The van der Waals surface area contributed by atoms with E-state index >= 15 is 0 Å². The number of ether oxygens (including phenoxy) is 2. The highest BCUT2D eigenvalue weighted by atomic mass is 35.5. The molecule has 2 aromatic heterocycles. The van der Waals surface area contributed by atoms with Crippen molar-refractivity contribution in [2.75, 3.05) is 14.2 Å². The molecule has 1 atom stereocenters. The fourth-order valence-electron chi connectivity index (χ4n) is 3.51. The highest BCUT2D eigenvalue weighted by Gasteiger charge is 2.18. The average Bonchev–Trinajstić information content (AvgIpc) is 2.83. The molecule has 6 nitrogen and oxygen atoms in total. The number of nitrogens with one attached hydrogen (secondary N) is 1. The Morgan fingerprint density at radius 3 is 2.50 bits per heavy atom. The summed E-state index contributed by atoms with van der Waals surface area (Å²) >= 11 is 6.22. The molecule has 0 fully saturated rings. The van der Waals surface area contributed by atoms with Crippen LogP contribution >= 0.6 is 11.6 Å². The van der Waals surface area contributed by atoms with Crippen LogP contribution in [-0.4, -0.2) is 30.1 Å². The standard InChI is InChI=1S/C25H22ClN3O3/c1-15(16-7-10-23(31-2)24(12-16)32-3)28-25(30)19-14-22(21-6-4-5-11-27-21)29-20-9-8-17(26)13-18(19)20/h4-15H,1-3H3,(H,28,30)/t15-/m1/s1. The lowest BCUT2D eigenvalue weighted by molar-refractivity contribution is 0.0941. The van der Waals surface area contributed by atoms with Gasteiger partial charge in [0.1, 0.15) is 0 Å². The summed E-state index contributed by atoms with van der Waals surface area (Å²) in [7, 11) is 3.17. The maximum atomic E-state index is 13.4. The van der Waals surface area contributed by atoms with Gasteiger partial charge >= 0.3 is 0 Å². The van der Waals surface area contributed by atoms with Gasteiger partial charge in [-0.05, 0) is 61.0 Å². The molecule has 0 spiro atoms. The molecule has 0 aliphatic rings. The molecule has 0 radical (unpaired) electrons. The number of hydrogen-bond donors (Lipinski definition) is 1. The Bertz CT molecular complexity index is 1280. The monoisotopic (exact) mass is 447 g/mol. The van der Waals surface area contributed by atoms with Crippen molar-refractivity contribution in [2.45, 2.75) is 13.0 Å². The van der Waals surface area contributed by atoms with E-state index in [4.69, 9.17) is 21.1 Å². The number of fused-ring (bicyclic) bond motifs is 1. The lowest BCUT2D eigenvalue weighted by atomic mass is 10.0. The van der Waals surface area contributed by atoms with Gasteiger partial charge in [-0.25, -0.2) is 4.98 Å². The van der Waals surface area contributed by atoms with Gasteiger partial charge in [0.05, 0.1) is 42.7 Å². The molecule has 0 saturated heterocycles. The second kappa shape index (κ2) is 9.24. The van der Waals surface area contributed by atoms with E-state index in [0.29, 0.717) is 44.4 Å². The van der Waals surface area contributed by atoms with Crippen LogP contribution in [0.4, 0.5) is 0 Å². The van der Waals surface area contributed by atoms with E-state index < -0.39 is 0 Å². The Hall–Kier alpha value is -3.64. The Labute approximate surface area is 191 Å². The third-order valence-electron chi connectivity index (χ3n) is 5.20. The van der Waals surface area contributed by atoms with Gasteiger partial charge in [-0.3, -0.25) is 9.78 Å². The van der Waals surface area contributed by atoms with Crippen molar-refractivity contribution in [3.8, 4) is 22.9 Å². The molecule has 162 valence electrons. The van der Waals surface area contributed by atoms with Crippen LogP contribution in [-0.2, 0) is 0 Å². The van der Waals surface area contributed by atoms with Gasteiger partial charge in [-0.2, -0.15) is 0 Å². The van der Waals surface area contributed by atoms with Gasteiger partial charge in [-0.15, -0.1) is 0 Å². The zero-order valence-electron chi connectivity index (χ0n) is 17.9. The van der Waals surface area contributed by atoms with Crippen LogP contribution in [0.1, 0.15) is 28.9 Å². The number of nitrogens with zero attached hydrogens (tertiary/aromatic N) is 2. The number of methoxy groups -OCH3 is 2. The summed E-state index contributed by atoms with van der Waals surface area (Å²) < 4.78 is 10.7. The van der Waals surface area contributed by atoms with E-state index in [-0.39, 0.29) is 11.9 Å². The van der Waals surface area contributed by atoms with Gasteiger partial charge in [-0.1, -0.05) is 23.7 Å². The Kier molecular flexibility index (Phi) is 6.23. The normalized spacial score (nSPS) is 11.8. The first kappa shape index (κ1) is 21.6. The maximum Gasteiger partial charge on any atom is 0.252 e. The molecule has 0 unspecified atom stereocenters. The summed E-state index contributed by atoms with van der Waals surface area (Å²) in [4.78, 5) is 22.4. The molecular formula is C25H22ClN3O3. The minimum Gasteiger partial charge on any atom is -0.493 e. The van der Waals surface area contributed by atoms with Crippen molar-refractivity contribution >= 4 is 28.4 Å². The van der Waals surface area contributed by atoms with Crippen molar-refractivity contribution in [3.63, 3.8) is 0 Å². The summed E-state index contributed by atoms with van der Waals surface area (Å²) in [6, 6.07) is 17.9. The SMILES string of the molecule is COc1ccc([C@@H](C)NC(=O)c2cc(-c3ccccn3)nc3ccc(Cl)cc23)cc1OC. The van der Waals surface area contributed by atoms with Crippen molar-refractivity contribution < 1.29 is 14.3 Å². The zero-order valence-corrected chi connectivity index (χ0v) is 18.7. The van der Waals surface area contributed by atoms with Crippen LogP contribution in [0.25, 0.3) is 22.3 Å². The smallest absolute Gasteiger partial charge is 0.252 e. The number of benzene rings is 2. The first-order valence-corrected chi connectivity index (χ1v) is 10.4. The number of aromatic nitrogens is 2. The Morgan fingerprint density at radius 1 is 0.969 bits per heavy atom. The third-order valence-corrected chi connectivity index (χ3v) is 5.43. The second-order valence-electron chi connectivity index (χ2n) is 7.24. The van der Waals surface area contributed by atoms with E-state index in [0.717, 1.165) is 5.56 Å². The molecule has 0 saturated carbocycles. The number of carbonyl (C=O) groups excluding carboxylic acids is 1. The van der Waals surface area contributed by atoms with Gasteiger partial charge < -0.3 is 14.8 Å². The van der Waals surface area contributed by atoms with Crippen molar-refractivity contribution in [1.29, 1.82) is 0 Å². The predicted octanol–water partition coefficient (Wildman–Crippen LogP) is 5.46. The molecule has 32 heavy (non-hydrogen) atoms. The molecule has 2 aromatic carbocycles. The highest BCUT2D eigenvalue weighted by Crippen LogP contribution is 2.31. The van der Waals surface area contributed by atoms with E-state index in [1.54, 1.807) is 44.7 Å². The lowest BCUT2D eigenvalue weighted by Gasteiger charge is -2.17.